The Hall–Kier alpha value is -2.51. The molecule has 4 rings (SSSR count). The number of carbonyl (C=O) groups excluding carboxylic acids is 1. The minimum atomic E-state index is -4.61. The average molecular weight is 435 g/mol. The number of alkyl halides is 3. The molecule has 31 heavy (non-hydrogen) atoms. The molecule has 1 heterocycles. The number of benzene rings is 1. The van der Waals surface area contributed by atoms with Gasteiger partial charge in [-0.2, -0.15) is 18.3 Å². The van der Waals surface area contributed by atoms with Gasteiger partial charge in [0.05, 0.1) is 12.2 Å². The van der Waals surface area contributed by atoms with E-state index in [2.05, 4.69) is 5.10 Å². The van der Waals surface area contributed by atoms with Gasteiger partial charge in [0.15, 0.2) is 5.69 Å². The third-order valence-electron chi connectivity index (χ3n) is 6.19. The van der Waals surface area contributed by atoms with Crippen LogP contribution in [0.2, 0.25) is 0 Å². The Kier molecular flexibility index (Phi) is 5.99. The molecular formula is C23H29F3N4O. The van der Waals surface area contributed by atoms with Gasteiger partial charge < -0.3 is 9.80 Å². The Morgan fingerprint density at radius 3 is 2.29 bits per heavy atom. The maximum Gasteiger partial charge on any atom is 0.435 e. The quantitative estimate of drug-likeness (QED) is 0.623. The third-order valence-corrected chi connectivity index (χ3v) is 6.19. The van der Waals surface area contributed by atoms with Crippen LogP contribution in [0.4, 0.5) is 19.0 Å². The lowest BCUT2D eigenvalue weighted by Gasteiger charge is -2.27. The van der Waals surface area contributed by atoms with Crippen molar-refractivity contribution in [2.24, 2.45) is 11.8 Å². The first-order chi connectivity index (χ1) is 14.8. The first-order valence-electron chi connectivity index (χ1n) is 11.0. The first-order valence-corrected chi connectivity index (χ1v) is 11.0. The lowest BCUT2D eigenvalue weighted by Crippen LogP contribution is -2.37. The third kappa shape index (κ3) is 4.72. The van der Waals surface area contributed by atoms with Gasteiger partial charge in [-0.3, -0.25) is 4.79 Å². The van der Waals surface area contributed by atoms with Crippen molar-refractivity contribution in [2.75, 3.05) is 25.5 Å². The summed E-state index contributed by atoms with van der Waals surface area (Å²) in [5.74, 6) is 0.681. The highest BCUT2D eigenvalue weighted by Crippen LogP contribution is 2.39. The molecule has 2 fully saturated rings. The van der Waals surface area contributed by atoms with Crippen LogP contribution in [-0.4, -0.2) is 41.2 Å². The van der Waals surface area contributed by atoms with Gasteiger partial charge in [-0.15, -0.1) is 0 Å². The average Bonchev–Trinajstić information content (AvgIpc) is 3.22. The largest absolute Gasteiger partial charge is 0.435 e. The summed E-state index contributed by atoms with van der Waals surface area (Å²) in [6.45, 7) is 0.455. The molecule has 1 amide bonds. The van der Waals surface area contributed by atoms with E-state index >= 15 is 0 Å². The summed E-state index contributed by atoms with van der Waals surface area (Å²) in [5.41, 5.74) is -0.299. The second kappa shape index (κ2) is 8.55. The van der Waals surface area contributed by atoms with Crippen molar-refractivity contribution in [1.82, 2.24) is 14.7 Å². The Balaban J connectivity index is 1.77. The normalized spacial score (nSPS) is 17.2. The van der Waals surface area contributed by atoms with E-state index in [1.807, 2.05) is 6.07 Å². The van der Waals surface area contributed by atoms with Gasteiger partial charge >= 0.3 is 6.18 Å². The van der Waals surface area contributed by atoms with Gasteiger partial charge in [-0.05, 0) is 43.7 Å². The zero-order chi connectivity index (χ0) is 22.2. The van der Waals surface area contributed by atoms with Crippen LogP contribution in [-0.2, 0) is 17.5 Å². The summed E-state index contributed by atoms with van der Waals surface area (Å²) < 4.78 is 43.5. The molecule has 2 aliphatic rings. The first kappa shape index (κ1) is 21.7. The van der Waals surface area contributed by atoms with E-state index in [9.17, 15) is 18.0 Å². The van der Waals surface area contributed by atoms with Crippen LogP contribution in [0.25, 0.3) is 5.69 Å². The zero-order valence-electron chi connectivity index (χ0n) is 18.0. The van der Waals surface area contributed by atoms with Crippen LogP contribution in [0.5, 0.6) is 0 Å². The highest BCUT2D eigenvalue weighted by molar-refractivity contribution is 5.79. The van der Waals surface area contributed by atoms with Crippen molar-refractivity contribution < 1.29 is 18.0 Å². The molecule has 2 saturated carbocycles. The molecule has 0 bridgehead atoms. The van der Waals surface area contributed by atoms with Gasteiger partial charge in [0.25, 0.3) is 0 Å². The molecule has 5 nitrogen and oxygen atoms in total. The van der Waals surface area contributed by atoms with E-state index in [0.717, 1.165) is 38.5 Å². The number of carbonyl (C=O) groups is 1. The lowest BCUT2D eigenvalue weighted by atomic mass is 10.1. The van der Waals surface area contributed by atoms with Crippen LogP contribution in [0, 0.1) is 11.8 Å². The van der Waals surface area contributed by atoms with Crippen LogP contribution in [0.15, 0.2) is 30.3 Å². The maximum atomic E-state index is 14.1. The fourth-order valence-electron chi connectivity index (χ4n) is 4.49. The highest BCUT2D eigenvalue weighted by Gasteiger charge is 2.42. The van der Waals surface area contributed by atoms with Crippen molar-refractivity contribution in [2.45, 2.75) is 51.2 Å². The van der Waals surface area contributed by atoms with Crippen molar-refractivity contribution >= 4 is 11.7 Å². The van der Waals surface area contributed by atoms with Gasteiger partial charge in [-0.1, -0.05) is 31.0 Å². The molecule has 0 spiro atoms. The number of hydrogen-bond donors (Lipinski definition) is 0. The molecule has 0 saturated heterocycles. The molecule has 0 radical (unpaired) electrons. The molecule has 168 valence electrons. The SMILES string of the molecule is CN(C)c1c(CN(CC2CC2)C(=O)C2CCCC2)c(C(F)(F)F)nn1-c1ccccc1. The summed E-state index contributed by atoms with van der Waals surface area (Å²) >= 11 is 0. The summed E-state index contributed by atoms with van der Waals surface area (Å²) in [5, 5.41) is 3.99. The van der Waals surface area contributed by atoms with Crippen LogP contribution < -0.4 is 4.90 Å². The topological polar surface area (TPSA) is 41.4 Å². The molecule has 2 aliphatic carbocycles. The van der Waals surface area contributed by atoms with Crippen molar-refractivity contribution in [3.63, 3.8) is 0 Å². The lowest BCUT2D eigenvalue weighted by molar-refractivity contribution is -0.143. The summed E-state index contributed by atoms with van der Waals surface area (Å²) in [7, 11) is 3.42. The number of anilines is 1. The number of para-hydroxylation sites is 1. The van der Waals surface area contributed by atoms with Crippen LogP contribution in [0.1, 0.15) is 49.8 Å². The molecule has 0 aliphatic heterocycles. The molecule has 0 N–H and O–H groups in total. The van der Waals surface area contributed by atoms with Crippen LogP contribution in [0.3, 0.4) is 0 Å². The standard InChI is InChI=1S/C23H29F3N4O/c1-28(2)21-19(15-29(14-16-12-13-16)22(31)17-8-6-7-9-17)20(23(24,25)26)27-30(21)18-10-4-3-5-11-18/h3-5,10-11,16-17H,6-9,12-15H2,1-2H3. The Bertz CT molecular complexity index is 913. The number of nitrogens with zero attached hydrogens (tertiary/aromatic N) is 4. The number of amides is 1. The summed E-state index contributed by atoms with van der Waals surface area (Å²) in [6.07, 6.45) is 1.13. The Morgan fingerprint density at radius 1 is 1.10 bits per heavy atom. The second-order valence-corrected chi connectivity index (χ2v) is 8.93. The molecule has 2 aromatic rings. The van der Waals surface area contributed by atoms with E-state index in [-0.39, 0.29) is 23.9 Å². The van der Waals surface area contributed by atoms with Gasteiger partial charge in [0.2, 0.25) is 5.91 Å². The summed E-state index contributed by atoms with van der Waals surface area (Å²) in [6, 6.07) is 8.82. The molecular weight excluding hydrogens is 405 g/mol. The van der Waals surface area contributed by atoms with Gasteiger partial charge in [0.1, 0.15) is 5.82 Å². The van der Waals surface area contributed by atoms with E-state index in [0.29, 0.717) is 24.0 Å². The zero-order valence-corrected chi connectivity index (χ0v) is 18.0. The fraction of sp³-hybridized carbons (Fsp3) is 0.565. The molecule has 1 aromatic carbocycles. The summed E-state index contributed by atoms with van der Waals surface area (Å²) in [4.78, 5) is 16.6. The van der Waals surface area contributed by atoms with Crippen LogP contribution >= 0.6 is 0 Å². The minimum Gasteiger partial charge on any atom is -0.362 e. The van der Waals surface area contributed by atoms with E-state index in [1.165, 1.54) is 4.68 Å². The molecule has 0 atom stereocenters. The van der Waals surface area contributed by atoms with E-state index in [1.54, 1.807) is 48.2 Å². The monoisotopic (exact) mass is 434 g/mol. The second-order valence-electron chi connectivity index (χ2n) is 8.93. The number of halogens is 3. The maximum absolute atomic E-state index is 14.1. The van der Waals surface area contributed by atoms with Crippen molar-refractivity contribution in [3.05, 3.63) is 41.6 Å². The Labute approximate surface area is 180 Å². The smallest absolute Gasteiger partial charge is 0.362 e. The van der Waals surface area contributed by atoms with Crippen molar-refractivity contribution in [3.8, 4) is 5.69 Å². The van der Waals surface area contributed by atoms with Crippen molar-refractivity contribution in [1.29, 1.82) is 0 Å². The minimum absolute atomic E-state index is 0.00492. The number of rotatable bonds is 7. The Morgan fingerprint density at radius 2 is 1.74 bits per heavy atom. The van der Waals surface area contributed by atoms with E-state index < -0.39 is 11.9 Å². The van der Waals surface area contributed by atoms with Gasteiger partial charge in [-0.25, -0.2) is 4.68 Å². The molecule has 1 aromatic heterocycles. The predicted molar refractivity (Wildman–Crippen MR) is 113 cm³/mol. The molecule has 0 unspecified atom stereocenters. The number of aromatic nitrogens is 2. The predicted octanol–water partition coefficient (Wildman–Crippen LogP) is 4.89. The fourth-order valence-corrected chi connectivity index (χ4v) is 4.49. The van der Waals surface area contributed by atoms with E-state index in [4.69, 9.17) is 0 Å². The number of hydrogen-bond acceptors (Lipinski definition) is 3. The highest BCUT2D eigenvalue weighted by atomic mass is 19.4. The molecule has 8 heteroatoms. The van der Waals surface area contributed by atoms with Gasteiger partial charge in [0, 0.05) is 32.1 Å².